The number of aryl methyl sites for hydroxylation is 1. The van der Waals surface area contributed by atoms with Crippen LogP contribution in [0.25, 0.3) is 0 Å². The Kier molecular flexibility index (Phi) is 8.23. The number of benzene rings is 2. The molecule has 2 fully saturated rings. The lowest BCUT2D eigenvalue weighted by Gasteiger charge is -2.39. The number of sulfonamides is 1. The fourth-order valence-electron chi connectivity index (χ4n) is 4.87. The molecule has 0 spiro atoms. The molecule has 0 radical (unpaired) electrons. The smallest absolute Gasteiger partial charge is 0.243 e. The summed E-state index contributed by atoms with van der Waals surface area (Å²) in [7, 11) is -3.78. The molecule has 1 saturated heterocycles. The van der Waals surface area contributed by atoms with Gasteiger partial charge in [0.15, 0.2) is 0 Å². The standard InChI is InChI=1S/C25H31BrClN3O3S/c1-19-7-10-21(27)17-24(19)28-13-15-29(16-14-28)25(31)18-30(22-5-3-2-4-6-22)34(32,33)23-11-8-20(26)9-12-23/h7-12,17,22H,2-6,13-16,18H2,1H3. The molecule has 2 aromatic carbocycles. The predicted molar refractivity (Wildman–Crippen MR) is 140 cm³/mol. The molecule has 6 nitrogen and oxygen atoms in total. The molecule has 0 N–H and O–H groups in total. The van der Waals surface area contributed by atoms with Gasteiger partial charge in [-0.05, 0) is 61.7 Å². The van der Waals surface area contributed by atoms with Crippen molar-refractivity contribution in [2.75, 3.05) is 37.6 Å². The van der Waals surface area contributed by atoms with Gasteiger partial charge >= 0.3 is 0 Å². The number of nitrogens with zero attached hydrogens (tertiary/aromatic N) is 3. The number of piperazine rings is 1. The molecule has 1 aliphatic heterocycles. The summed E-state index contributed by atoms with van der Waals surface area (Å²) in [4.78, 5) is 17.6. The van der Waals surface area contributed by atoms with Gasteiger partial charge in [0, 0.05) is 47.4 Å². The van der Waals surface area contributed by atoms with E-state index < -0.39 is 10.0 Å². The van der Waals surface area contributed by atoms with Gasteiger partial charge in [0.25, 0.3) is 0 Å². The number of carbonyl (C=O) groups excluding carboxylic acids is 1. The van der Waals surface area contributed by atoms with Crippen LogP contribution in [0.5, 0.6) is 0 Å². The first-order valence-corrected chi connectivity index (χ1v) is 14.4. The topological polar surface area (TPSA) is 60.9 Å². The first-order chi connectivity index (χ1) is 16.3. The number of hydrogen-bond donors (Lipinski definition) is 0. The molecule has 34 heavy (non-hydrogen) atoms. The van der Waals surface area contributed by atoms with Crippen LogP contribution in [0.2, 0.25) is 5.02 Å². The van der Waals surface area contributed by atoms with Gasteiger partial charge in [0.2, 0.25) is 15.9 Å². The molecule has 0 atom stereocenters. The zero-order chi connectivity index (χ0) is 24.3. The van der Waals surface area contributed by atoms with Crippen LogP contribution in [0.1, 0.15) is 37.7 Å². The number of hydrogen-bond acceptors (Lipinski definition) is 4. The minimum Gasteiger partial charge on any atom is -0.368 e. The highest BCUT2D eigenvalue weighted by Gasteiger charge is 2.35. The van der Waals surface area contributed by atoms with E-state index >= 15 is 0 Å². The molecule has 184 valence electrons. The first kappa shape index (κ1) is 25.5. The molecule has 0 bridgehead atoms. The maximum atomic E-state index is 13.6. The van der Waals surface area contributed by atoms with E-state index in [2.05, 4.69) is 27.8 Å². The van der Waals surface area contributed by atoms with Gasteiger partial charge in [-0.1, -0.05) is 52.9 Å². The third-order valence-corrected chi connectivity index (χ3v) is 9.51. The molecule has 4 rings (SSSR count). The van der Waals surface area contributed by atoms with E-state index in [1.165, 1.54) is 4.31 Å². The molecule has 0 unspecified atom stereocenters. The van der Waals surface area contributed by atoms with E-state index in [0.717, 1.165) is 47.8 Å². The minimum absolute atomic E-state index is 0.112. The van der Waals surface area contributed by atoms with Crippen LogP contribution in [0, 0.1) is 6.92 Å². The molecule has 1 amide bonds. The number of carbonyl (C=O) groups is 1. The van der Waals surface area contributed by atoms with Gasteiger partial charge in [0.1, 0.15) is 0 Å². The van der Waals surface area contributed by atoms with Crippen molar-refractivity contribution in [3.8, 4) is 0 Å². The van der Waals surface area contributed by atoms with E-state index in [9.17, 15) is 13.2 Å². The highest BCUT2D eigenvalue weighted by atomic mass is 79.9. The van der Waals surface area contributed by atoms with Crippen LogP contribution >= 0.6 is 27.5 Å². The lowest BCUT2D eigenvalue weighted by molar-refractivity contribution is -0.132. The van der Waals surface area contributed by atoms with Gasteiger partial charge in [-0.25, -0.2) is 8.42 Å². The van der Waals surface area contributed by atoms with Crippen LogP contribution in [0.15, 0.2) is 51.8 Å². The Morgan fingerprint density at radius 1 is 1.03 bits per heavy atom. The summed E-state index contributed by atoms with van der Waals surface area (Å²) in [5, 5.41) is 0.695. The molecule has 2 aliphatic rings. The van der Waals surface area contributed by atoms with Crippen molar-refractivity contribution in [2.24, 2.45) is 0 Å². The number of halogens is 2. The lowest BCUT2D eigenvalue weighted by Crippen LogP contribution is -2.53. The van der Waals surface area contributed by atoms with Crippen molar-refractivity contribution < 1.29 is 13.2 Å². The van der Waals surface area contributed by atoms with Crippen LogP contribution in [0.3, 0.4) is 0 Å². The Morgan fingerprint density at radius 3 is 2.32 bits per heavy atom. The summed E-state index contributed by atoms with van der Waals surface area (Å²) in [5.41, 5.74) is 2.23. The van der Waals surface area contributed by atoms with Crippen molar-refractivity contribution in [1.29, 1.82) is 0 Å². The van der Waals surface area contributed by atoms with Crippen molar-refractivity contribution >= 4 is 49.1 Å². The molecule has 0 aromatic heterocycles. The summed E-state index contributed by atoms with van der Waals surface area (Å²) in [6.45, 7) is 4.44. The Bertz CT molecular complexity index is 1110. The van der Waals surface area contributed by atoms with Crippen LogP contribution in [-0.4, -0.2) is 62.3 Å². The zero-order valence-electron chi connectivity index (χ0n) is 19.4. The summed E-state index contributed by atoms with van der Waals surface area (Å²) < 4.78 is 29.5. The predicted octanol–water partition coefficient (Wildman–Crippen LogP) is 5.08. The average molecular weight is 569 g/mol. The molecule has 2 aromatic rings. The second-order valence-corrected chi connectivity index (χ2v) is 12.3. The van der Waals surface area contributed by atoms with Gasteiger partial charge in [-0.15, -0.1) is 0 Å². The summed E-state index contributed by atoms with van der Waals surface area (Å²) in [6, 6.07) is 12.4. The molecule has 1 heterocycles. The van der Waals surface area contributed by atoms with Gasteiger partial charge in [-0.3, -0.25) is 4.79 Å². The monoisotopic (exact) mass is 567 g/mol. The highest BCUT2D eigenvalue weighted by molar-refractivity contribution is 9.10. The first-order valence-electron chi connectivity index (χ1n) is 11.8. The van der Waals surface area contributed by atoms with Crippen molar-refractivity contribution in [2.45, 2.75) is 50.0 Å². The Morgan fingerprint density at radius 2 is 1.68 bits per heavy atom. The van der Waals surface area contributed by atoms with E-state index in [4.69, 9.17) is 11.6 Å². The quantitative estimate of drug-likeness (QED) is 0.487. The summed E-state index contributed by atoms with van der Waals surface area (Å²) in [5.74, 6) is -0.131. The molecular weight excluding hydrogens is 538 g/mol. The molecule has 1 aliphatic carbocycles. The van der Waals surface area contributed by atoms with Crippen molar-refractivity contribution in [3.05, 3.63) is 57.5 Å². The minimum atomic E-state index is -3.78. The number of rotatable bonds is 6. The summed E-state index contributed by atoms with van der Waals surface area (Å²) >= 11 is 9.56. The fraction of sp³-hybridized carbons (Fsp3) is 0.480. The third kappa shape index (κ3) is 5.78. The lowest BCUT2D eigenvalue weighted by atomic mass is 9.95. The largest absolute Gasteiger partial charge is 0.368 e. The van der Waals surface area contributed by atoms with Gasteiger partial charge in [-0.2, -0.15) is 4.31 Å². The Balaban J connectivity index is 1.48. The Labute approximate surface area is 216 Å². The van der Waals surface area contributed by atoms with Crippen LogP contribution in [-0.2, 0) is 14.8 Å². The van der Waals surface area contributed by atoms with Gasteiger partial charge < -0.3 is 9.80 Å². The van der Waals surface area contributed by atoms with Gasteiger partial charge in [0.05, 0.1) is 11.4 Å². The maximum Gasteiger partial charge on any atom is 0.243 e. The second-order valence-electron chi connectivity index (χ2n) is 9.09. The maximum absolute atomic E-state index is 13.6. The van der Waals surface area contributed by atoms with Crippen LogP contribution < -0.4 is 4.90 Å². The molecule has 9 heteroatoms. The number of anilines is 1. The second kappa shape index (κ2) is 11.0. The van der Waals surface area contributed by atoms with Crippen LogP contribution in [0.4, 0.5) is 5.69 Å². The average Bonchev–Trinajstić information content (AvgIpc) is 2.84. The molecular formula is C25H31BrClN3O3S. The fourth-order valence-corrected chi connectivity index (χ4v) is 6.94. The Hall–Kier alpha value is -1.61. The SMILES string of the molecule is Cc1ccc(Cl)cc1N1CCN(C(=O)CN(C2CCCCC2)S(=O)(=O)c2ccc(Br)cc2)CC1. The number of amides is 1. The van der Waals surface area contributed by atoms with Crippen molar-refractivity contribution in [1.82, 2.24) is 9.21 Å². The highest BCUT2D eigenvalue weighted by Crippen LogP contribution is 2.29. The normalized spacial score (nSPS) is 17.9. The van der Waals surface area contributed by atoms with E-state index in [-0.39, 0.29) is 23.4 Å². The third-order valence-electron chi connectivity index (χ3n) is 6.84. The van der Waals surface area contributed by atoms with E-state index in [1.807, 2.05) is 18.2 Å². The zero-order valence-corrected chi connectivity index (χ0v) is 22.6. The van der Waals surface area contributed by atoms with E-state index in [1.54, 1.807) is 29.2 Å². The summed E-state index contributed by atoms with van der Waals surface area (Å²) in [6.07, 6.45) is 4.68. The van der Waals surface area contributed by atoms with E-state index in [0.29, 0.717) is 31.2 Å². The molecule has 1 saturated carbocycles. The van der Waals surface area contributed by atoms with Crippen molar-refractivity contribution in [3.63, 3.8) is 0 Å².